The summed E-state index contributed by atoms with van der Waals surface area (Å²) in [5.41, 5.74) is 2.80. The summed E-state index contributed by atoms with van der Waals surface area (Å²) in [5, 5.41) is 0. The maximum atomic E-state index is 2.67. The summed E-state index contributed by atoms with van der Waals surface area (Å²) in [4.78, 5) is 5.34. The van der Waals surface area contributed by atoms with Crippen molar-refractivity contribution < 1.29 is 4.58 Å². The van der Waals surface area contributed by atoms with E-state index in [4.69, 9.17) is 0 Å². The van der Waals surface area contributed by atoms with E-state index >= 15 is 0 Å². The minimum atomic E-state index is 0.630. The highest BCUT2D eigenvalue weighted by molar-refractivity contribution is 5.79. The van der Waals surface area contributed by atoms with Gasteiger partial charge in [-0.05, 0) is 36.8 Å². The smallest absolute Gasteiger partial charge is 0.270 e. The van der Waals surface area contributed by atoms with Crippen LogP contribution in [-0.2, 0) is 13.1 Å². The lowest BCUT2D eigenvalue weighted by molar-refractivity contribution is -0.475. The van der Waals surface area contributed by atoms with Gasteiger partial charge in [0.1, 0.15) is 12.1 Å². The Morgan fingerprint density at radius 1 is 0.731 bits per heavy atom. The van der Waals surface area contributed by atoms with E-state index in [0.717, 1.165) is 13.1 Å². The van der Waals surface area contributed by atoms with Gasteiger partial charge in [0.25, 0.3) is 0 Å². The van der Waals surface area contributed by atoms with Crippen LogP contribution in [0, 0.1) is 0 Å². The van der Waals surface area contributed by atoms with Gasteiger partial charge in [0.2, 0.25) is 0 Å². The molecule has 0 spiro atoms. The Balaban J connectivity index is 1.67. The van der Waals surface area contributed by atoms with Gasteiger partial charge >= 0.3 is 5.96 Å². The molecule has 4 rings (SSSR count). The second-order valence-corrected chi connectivity index (χ2v) is 7.84. The molecular weight excluding hydrogens is 318 g/mol. The normalized spacial score (nSPS) is 22.5. The zero-order valence-electron chi connectivity index (χ0n) is 16.0. The van der Waals surface area contributed by atoms with Crippen molar-refractivity contribution in [1.82, 2.24) is 9.80 Å². The van der Waals surface area contributed by atoms with Crippen LogP contribution in [0.25, 0.3) is 0 Å². The van der Waals surface area contributed by atoms with E-state index in [2.05, 4.69) is 89.1 Å². The maximum Gasteiger partial charge on any atom is 0.351 e. The molecule has 2 fully saturated rings. The van der Waals surface area contributed by atoms with Gasteiger partial charge in [-0.25, -0.2) is 0 Å². The average molecular weight is 349 g/mol. The maximum absolute atomic E-state index is 2.67. The van der Waals surface area contributed by atoms with Crippen LogP contribution >= 0.6 is 0 Å². The number of hydrogen-bond donors (Lipinski definition) is 0. The molecule has 1 saturated carbocycles. The molecule has 26 heavy (non-hydrogen) atoms. The minimum absolute atomic E-state index is 0.630. The van der Waals surface area contributed by atoms with Crippen LogP contribution in [0.15, 0.2) is 60.7 Å². The van der Waals surface area contributed by atoms with Crippen LogP contribution in [0.4, 0.5) is 0 Å². The van der Waals surface area contributed by atoms with Gasteiger partial charge in [-0.3, -0.25) is 14.4 Å². The van der Waals surface area contributed by atoms with Crippen LogP contribution < -0.4 is 0 Å². The Hall–Kier alpha value is -2.29. The van der Waals surface area contributed by atoms with Crippen molar-refractivity contribution in [3.8, 4) is 0 Å². The van der Waals surface area contributed by atoms with Crippen LogP contribution in [-0.4, -0.2) is 46.5 Å². The lowest BCUT2D eigenvalue weighted by atomic mass is 9.90. The van der Waals surface area contributed by atoms with Crippen molar-refractivity contribution in [2.75, 3.05) is 14.1 Å². The predicted molar refractivity (Wildman–Crippen MR) is 107 cm³/mol. The SMILES string of the molecule is C[N+](C)=C1N(Cc2ccccc2)[C@H]2CCCC[C@@H]2N1Cc1ccccc1. The van der Waals surface area contributed by atoms with Gasteiger partial charge in [0.05, 0.1) is 27.2 Å². The molecule has 0 unspecified atom stereocenters. The fourth-order valence-electron chi connectivity index (χ4n) is 4.73. The molecule has 1 aliphatic carbocycles. The Kier molecular flexibility index (Phi) is 4.96. The number of fused-ring (bicyclic) bond motifs is 1. The van der Waals surface area contributed by atoms with Gasteiger partial charge < -0.3 is 0 Å². The summed E-state index contributed by atoms with van der Waals surface area (Å²) >= 11 is 0. The molecule has 0 radical (unpaired) electrons. The average Bonchev–Trinajstić information content (AvgIpc) is 2.97. The standard InChI is InChI=1S/C23H30N3/c1-24(2)23-25(17-19-11-5-3-6-12-19)21-15-9-10-16-22(21)26(23)18-20-13-7-4-8-14-20/h3-8,11-14,21-22H,9-10,15-18H2,1-2H3/q+1/t21-,22-/m0/s1. The zero-order valence-corrected chi connectivity index (χ0v) is 16.0. The van der Waals surface area contributed by atoms with Crippen molar-refractivity contribution >= 4 is 5.96 Å². The lowest BCUT2D eigenvalue weighted by Crippen LogP contribution is -2.40. The molecule has 2 aliphatic rings. The zero-order chi connectivity index (χ0) is 17.9. The third-order valence-corrected chi connectivity index (χ3v) is 5.80. The predicted octanol–water partition coefficient (Wildman–Crippen LogP) is 3.94. The number of rotatable bonds is 4. The Bertz CT molecular complexity index is 690. The summed E-state index contributed by atoms with van der Waals surface area (Å²) in [5.74, 6) is 1.38. The highest BCUT2D eigenvalue weighted by Crippen LogP contribution is 2.36. The van der Waals surface area contributed by atoms with E-state index in [9.17, 15) is 0 Å². The number of guanidine groups is 1. The van der Waals surface area contributed by atoms with Crippen molar-refractivity contribution in [2.45, 2.75) is 50.9 Å². The summed E-state index contributed by atoms with van der Waals surface area (Å²) in [6, 6.07) is 23.1. The summed E-state index contributed by atoms with van der Waals surface area (Å²) < 4.78 is 2.32. The van der Waals surface area contributed by atoms with E-state index in [1.807, 2.05) is 0 Å². The van der Waals surface area contributed by atoms with E-state index in [1.165, 1.54) is 42.8 Å². The first kappa shape index (κ1) is 17.1. The molecule has 3 nitrogen and oxygen atoms in total. The van der Waals surface area contributed by atoms with E-state index in [0.29, 0.717) is 12.1 Å². The largest absolute Gasteiger partial charge is 0.351 e. The molecule has 136 valence electrons. The fraction of sp³-hybridized carbons (Fsp3) is 0.435. The molecule has 1 aliphatic heterocycles. The molecule has 0 N–H and O–H groups in total. The molecule has 2 aromatic rings. The molecule has 0 amide bonds. The highest BCUT2D eigenvalue weighted by Gasteiger charge is 2.51. The molecule has 0 bridgehead atoms. The molecule has 1 heterocycles. The van der Waals surface area contributed by atoms with E-state index in [1.54, 1.807) is 0 Å². The number of benzene rings is 2. The molecule has 1 saturated heterocycles. The Labute approximate surface area is 157 Å². The quantitative estimate of drug-likeness (QED) is 0.774. The summed E-state index contributed by atoms with van der Waals surface area (Å²) in [6.07, 6.45) is 5.32. The van der Waals surface area contributed by atoms with Gasteiger partial charge in [0.15, 0.2) is 0 Å². The van der Waals surface area contributed by atoms with Gasteiger partial charge in [0, 0.05) is 0 Å². The molecular formula is C23H30N3+. The molecule has 2 aromatic carbocycles. The summed E-state index contributed by atoms with van der Waals surface area (Å²) in [6.45, 7) is 2.00. The number of nitrogens with zero attached hydrogens (tertiary/aromatic N) is 3. The second-order valence-electron chi connectivity index (χ2n) is 7.84. The van der Waals surface area contributed by atoms with Crippen LogP contribution in [0.3, 0.4) is 0 Å². The van der Waals surface area contributed by atoms with Crippen LogP contribution in [0.5, 0.6) is 0 Å². The van der Waals surface area contributed by atoms with Crippen LogP contribution in [0.1, 0.15) is 36.8 Å². The van der Waals surface area contributed by atoms with Crippen molar-refractivity contribution in [1.29, 1.82) is 0 Å². The molecule has 0 aromatic heterocycles. The van der Waals surface area contributed by atoms with Gasteiger partial charge in [-0.15, -0.1) is 0 Å². The van der Waals surface area contributed by atoms with E-state index < -0.39 is 0 Å². The lowest BCUT2D eigenvalue weighted by Gasteiger charge is -2.27. The fourth-order valence-corrected chi connectivity index (χ4v) is 4.73. The molecule has 2 atom stereocenters. The Morgan fingerprint density at radius 2 is 1.15 bits per heavy atom. The molecule has 3 heteroatoms. The van der Waals surface area contributed by atoms with Crippen LogP contribution in [0.2, 0.25) is 0 Å². The van der Waals surface area contributed by atoms with Gasteiger partial charge in [-0.2, -0.15) is 0 Å². The van der Waals surface area contributed by atoms with E-state index in [-0.39, 0.29) is 0 Å². The summed E-state index contributed by atoms with van der Waals surface area (Å²) in [7, 11) is 4.39. The van der Waals surface area contributed by atoms with Crippen molar-refractivity contribution in [3.05, 3.63) is 71.8 Å². The third-order valence-electron chi connectivity index (χ3n) is 5.80. The van der Waals surface area contributed by atoms with Crippen molar-refractivity contribution in [3.63, 3.8) is 0 Å². The topological polar surface area (TPSA) is 9.49 Å². The third kappa shape index (κ3) is 3.35. The first-order valence-electron chi connectivity index (χ1n) is 9.89. The first-order valence-corrected chi connectivity index (χ1v) is 9.89. The monoisotopic (exact) mass is 348 g/mol. The highest BCUT2D eigenvalue weighted by atomic mass is 15.5. The minimum Gasteiger partial charge on any atom is -0.270 e. The first-order chi connectivity index (χ1) is 12.7. The second kappa shape index (κ2) is 7.53. The number of hydrogen-bond acceptors (Lipinski definition) is 0. The Morgan fingerprint density at radius 3 is 1.54 bits per heavy atom. The van der Waals surface area contributed by atoms with Gasteiger partial charge in [-0.1, -0.05) is 60.7 Å². The van der Waals surface area contributed by atoms with Crippen molar-refractivity contribution in [2.24, 2.45) is 0 Å².